The minimum atomic E-state index is -0.601. The summed E-state index contributed by atoms with van der Waals surface area (Å²) in [5, 5.41) is 8.96. The summed E-state index contributed by atoms with van der Waals surface area (Å²) in [6, 6.07) is 17.0. The van der Waals surface area contributed by atoms with Gasteiger partial charge in [0.1, 0.15) is 18.1 Å². The lowest BCUT2D eigenvalue weighted by Gasteiger charge is -2.08. The Morgan fingerprint density at radius 2 is 1.88 bits per heavy atom. The summed E-state index contributed by atoms with van der Waals surface area (Å²) in [4.78, 5) is 25.1. The highest BCUT2D eigenvalue weighted by Gasteiger charge is 2.22. The number of carbonyl (C=O) groups is 2. The van der Waals surface area contributed by atoms with E-state index in [9.17, 15) is 9.59 Å². The van der Waals surface area contributed by atoms with E-state index in [1.807, 2.05) is 49.4 Å². The number of fused-ring (bicyclic) bond motifs is 1. The van der Waals surface area contributed by atoms with Gasteiger partial charge in [-0.05, 0) is 44.4 Å². The molecule has 0 spiro atoms. The molecule has 2 aromatic heterocycles. The molecule has 4 rings (SSSR count). The van der Waals surface area contributed by atoms with Crippen LogP contribution in [0.4, 0.5) is 5.69 Å². The number of anilines is 1. The number of benzene rings is 2. The van der Waals surface area contributed by atoms with Crippen LogP contribution >= 0.6 is 0 Å². The number of nitrogens with one attached hydrogen (secondary N) is 1. The molecule has 0 aliphatic carbocycles. The second kappa shape index (κ2) is 9.60. The topological polar surface area (TPSA) is 95.6 Å². The highest BCUT2D eigenvalue weighted by molar-refractivity contribution is 6.06. The number of ether oxygens (including phenoxy) is 2. The van der Waals surface area contributed by atoms with E-state index in [-0.39, 0.29) is 29.9 Å². The molecule has 4 aromatic rings. The Kier molecular flexibility index (Phi) is 6.44. The maximum Gasteiger partial charge on any atom is 0.361 e. The van der Waals surface area contributed by atoms with Crippen molar-refractivity contribution < 1.29 is 23.5 Å². The quantitative estimate of drug-likeness (QED) is 0.380. The van der Waals surface area contributed by atoms with Gasteiger partial charge in [-0.1, -0.05) is 36.4 Å². The zero-order valence-corrected chi connectivity index (χ0v) is 18.7. The van der Waals surface area contributed by atoms with Crippen molar-refractivity contribution in [3.05, 3.63) is 78.0 Å². The van der Waals surface area contributed by atoms with E-state index < -0.39 is 11.9 Å². The van der Waals surface area contributed by atoms with Gasteiger partial charge in [0.25, 0.3) is 5.91 Å². The van der Waals surface area contributed by atoms with Crippen molar-refractivity contribution in [2.24, 2.45) is 0 Å². The number of carbonyl (C=O) groups excluding carboxylic acids is 2. The summed E-state index contributed by atoms with van der Waals surface area (Å²) >= 11 is 0. The van der Waals surface area contributed by atoms with Crippen LogP contribution in [0.1, 0.15) is 47.6 Å². The first-order valence-electron chi connectivity index (χ1n) is 10.7. The molecule has 33 heavy (non-hydrogen) atoms. The van der Waals surface area contributed by atoms with Gasteiger partial charge in [0, 0.05) is 18.1 Å². The number of amides is 1. The highest BCUT2D eigenvalue weighted by atomic mass is 16.5. The van der Waals surface area contributed by atoms with Crippen LogP contribution in [0.25, 0.3) is 10.8 Å². The number of hydrogen-bond donors (Lipinski definition) is 1. The Balaban J connectivity index is 1.45. The fourth-order valence-electron chi connectivity index (χ4n) is 3.33. The van der Waals surface area contributed by atoms with Crippen molar-refractivity contribution >= 4 is 28.3 Å². The summed E-state index contributed by atoms with van der Waals surface area (Å²) in [5.41, 5.74) is 0.308. The SMILES string of the molecule is CCn1cc(NC(=O)c2ccc(COc3cccc4ccccc34)o2)c(C(=O)OC(C)C)n1. The van der Waals surface area contributed by atoms with Gasteiger partial charge in [-0.15, -0.1) is 0 Å². The molecule has 0 bridgehead atoms. The van der Waals surface area contributed by atoms with E-state index in [4.69, 9.17) is 13.9 Å². The number of hydrogen-bond acceptors (Lipinski definition) is 6. The lowest BCUT2D eigenvalue weighted by atomic mass is 10.1. The van der Waals surface area contributed by atoms with Gasteiger partial charge in [-0.25, -0.2) is 4.79 Å². The Morgan fingerprint density at radius 1 is 1.09 bits per heavy atom. The standard InChI is InChI=1S/C25H25N3O5/c1-4-28-14-20(23(27-28)25(30)32-16(2)3)26-24(29)22-13-12-18(33-22)15-31-21-11-7-9-17-8-5-6-10-19(17)21/h5-14,16H,4,15H2,1-3H3,(H,26,29). The molecule has 170 valence electrons. The molecule has 2 heterocycles. The van der Waals surface area contributed by atoms with Gasteiger partial charge < -0.3 is 19.2 Å². The van der Waals surface area contributed by atoms with Crippen molar-refractivity contribution in [2.45, 2.75) is 40.0 Å². The largest absolute Gasteiger partial charge is 0.485 e. The number of esters is 1. The van der Waals surface area contributed by atoms with Gasteiger partial charge in [0.15, 0.2) is 11.5 Å². The molecule has 8 heteroatoms. The smallest absolute Gasteiger partial charge is 0.361 e. The predicted molar refractivity (Wildman–Crippen MR) is 123 cm³/mol. The van der Waals surface area contributed by atoms with Crippen molar-refractivity contribution in [1.82, 2.24) is 9.78 Å². The van der Waals surface area contributed by atoms with E-state index >= 15 is 0 Å². The highest BCUT2D eigenvalue weighted by Crippen LogP contribution is 2.26. The molecule has 2 aromatic carbocycles. The van der Waals surface area contributed by atoms with Crippen molar-refractivity contribution in [2.75, 3.05) is 5.32 Å². The van der Waals surface area contributed by atoms with Gasteiger partial charge in [0.05, 0.1) is 11.8 Å². The third-order valence-corrected chi connectivity index (χ3v) is 4.87. The van der Waals surface area contributed by atoms with E-state index in [2.05, 4.69) is 10.4 Å². The molecule has 8 nitrogen and oxygen atoms in total. The average molecular weight is 447 g/mol. The van der Waals surface area contributed by atoms with Gasteiger partial charge in [-0.2, -0.15) is 5.10 Å². The minimum absolute atomic E-state index is 0.0463. The first-order chi connectivity index (χ1) is 15.9. The molecule has 0 aliphatic rings. The molecule has 0 saturated carbocycles. The lowest BCUT2D eigenvalue weighted by molar-refractivity contribution is 0.0371. The maximum atomic E-state index is 12.7. The third kappa shape index (κ3) is 5.06. The Morgan fingerprint density at radius 3 is 2.67 bits per heavy atom. The van der Waals surface area contributed by atoms with Crippen LogP contribution in [-0.2, 0) is 17.9 Å². The average Bonchev–Trinajstić information content (AvgIpc) is 3.44. The Labute approximate surface area is 191 Å². The third-order valence-electron chi connectivity index (χ3n) is 4.87. The molecule has 0 aliphatic heterocycles. The van der Waals surface area contributed by atoms with E-state index in [0.29, 0.717) is 12.3 Å². The number of aryl methyl sites for hydroxylation is 1. The van der Waals surface area contributed by atoms with E-state index in [1.54, 1.807) is 36.9 Å². The predicted octanol–water partition coefficient (Wildman–Crippen LogP) is 5.05. The molecule has 1 N–H and O–H groups in total. The first-order valence-corrected chi connectivity index (χ1v) is 10.7. The minimum Gasteiger partial charge on any atom is -0.485 e. The maximum absolute atomic E-state index is 12.7. The fraction of sp³-hybridized carbons (Fsp3) is 0.240. The van der Waals surface area contributed by atoms with Gasteiger partial charge >= 0.3 is 5.97 Å². The summed E-state index contributed by atoms with van der Waals surface area (Å²) in [6.45, 7) is 6.08. The molecular formula is C25H25N3O5. The first kappa shape index (κ1) is 22.1. The summed E-state index contributed by atoms with van der Waals surface area (Å²) in [5.74, 6) is 0.225. The fourth-order valence-corrected chi connectivity index (χ4v) is 3.33. The monoisotopic (exact) mass is 447 g/mol. The van der Waals surface area contributed by atoms with E-state index in [1.165, 1.54) is 0 Å². The Hall–Kier alpha value is -4.07. The summed E-state index contributed by atoms with van der Waals surface area (Å²) < 4.78 is 18.4. The number of rotatable bonds is 8. The van der Waals surface area contributed by atoms with Crippen LogP contribution in [0, 0.1) is 0 Å². The lowest BCUT2D eigenvalue weighted by Crippen LogP contribution is -2.17. The molecular weight excluding hydrogens is 422 g/mol. The molecule has 0 unspecified atom stereocenters. The normalized spacial score (nSPS) is 11.0. The number of furan rings is 1. The molecule has 0 radical (unpaired) electrons. The number of aromatic nitrogens is 2. The van der Waals surface area contributed by atoms with Crippen molar-refractivity contribution in [1.29, 1.82) is 0 Å². The zero-order valence-electron chi connectivity index (χ0n) is 18.7. The van der Waals surface area contributed by atoms with Crippen LogP contribution in [0.5, 0.6) is 5.75 Å². The molecule has 0 saturated heterocycles. The summed E-state index contributed by atoms with van der Waals surface area (Å²) in [7, 11) is 0. The van der Waals surface area contributed by atoms with Crippen molar-refractivity contribution in [3.63, 3.8) is 0 Å². The molecule has 0 fully saturated rings. The summed E-state index contributed by atoms with van der Waals surface area (Å²) in [6.07, 6.45) is 1.28. The van der Waals surface area contributed by atoms with Crippen LogP contribution in [-0.4, -0.2) is 27.8 Å². The number of nitrogens with zero attached hydrogens (tertiary/aromatic N) is 2. The molecule has 1 amide bonds. The van der Waals surface area contributed by atoms with Crippen LogP contribution in [0.2, 0.25) is 0 Å². The van der Waals surface area contributed by atoms with Crippen LogP contribution in [0.15, 0.2) is 65.2 Å². The van der Waals surface area contributed by atoms with Crippen molar-refractivity contribution in [3.8, 4) is 5.75 Å². The van der Waals surface area contributed by atoms with Gasteiger partial charge in [-0.3, -0.25) is 9.48 Å². The Bertz CT molecular complexity index is 1280. The second-order valence-corrected chi connectivity index (χ2v) is 7.69. The van der Waals surface area contributed by atoms with Crippen LogP contribution < -0.4 is 10.1 Å². The molecule has 0 atom stereocenters. The van der Waals surface area contributed by atoms with Gasteiger partial charge in [0.2, 0.25) is 0 Å². The second-order valence-electron chi connectivity index (χ2n) is 7.69. The van der Waals surface area contributed by atoms with E-state index in [0.717, 1.165) is 16.5 Å². The van der Waals surface area contributed by atoms with Crippen LogP contribution in [0.3, 0.4) is 0 Å². The zero-order chi connectivity index (χ0) is 23.4.